The summed E-state index contributed by atoms with van der Waals surface area (Å²) < 4.78 is 47.6. The second-order valence-corrected chi connectivity index (χ2v) is 9.14. The smallest absolute Gasteiger partial charge is 0.364 e. The van der Waals surface area contributed by atoms with Gasteiger partial charge in [0.15, 0.2) is 6.23 Å². The third kappa shape index (κ3) is 5.06. The summed E-state index contributed by atoms with van der Waals surface area (Å²) in [5, 5.41) is 8.85. The number of halogens is 4. The summed E-state index contributed by atoms with van der Waals surface area (Å²) in [4.78, 5) is 18.8. The molecule has 0 saturated carbocycles. The topological polar surface area (TPSA) is 78.1 Å². The first-order valence-corrected chi connectivity index (χ1v) is 11.8. The number of rotatable bonds is 5. The van der Waals surface area contributed by atoms with Crippen molar-refractivity contribution in [1.82, 2.24) is 24.5 Å². The number of hydrogen-bond donors (Lipinski definition) is 0. The lowest BCUT2D eigenvalue weighted by atomic mass is 10.1. The van der Waals surface area contributed by atoms with Gasteiger partial charge < -0.3 is 9.64 Å². The zero-order valence-electron chi connectivity index (χ0n) is 18.8. The Morgan fingerprint density at radius 3 is 2.83 bits per heavy atom. The average Bonchev–Trinajstić information content (AvgIpc) is 3.23. The van der Waals surface area contributed by atoms with Crippen molar-refractivity contribution in [3.05, 3.63) is 68.6 Å². The quantitative estimate of drug-likeness (QED) is 0.520. The monoisotopic (exact) mass is 508 g/mol. The fourth-order valence-corrected chi connectivity index (χ4v) is 4.90. The van der Waals surface area contributed by atoms with Crippen molar-refractivity contribution in [3.63, 3.8) is 0 Å². The number of alkyl halides is 3. The number of pyridine rings is 1. The number of fused-ring (bicyclic) bond motifs is 1. The zero-order chi connectivity index (χ0) is 24.6. The van der Waals surface area contributed by atoms with Crippen LogP contribution in [-0.2, 0) is 30.7 Å². The van der Waals surface area contributed by atoms with Gasteiger partial charge >= 0.3 is 6.18 Å². The van der Waals surface area contributed by atoms with Crippen LogP contribution in [0.2, 0.25) is 5.02 Å². The van der Waals surface area contributed by atoms with Gasteiger partial charge in [0, 0.05) is 43.6 Å². The highest BCUT2D eigenvalue weighted by atomic mass is 35.5. The van der Waals surface area contributed by atoms with Crippen molar-refractivity contribution in [1.29, 1.82) is 0 Å². The van der Waals surface area contributed by atoms with Crippen LogP contribution in [0.4, 0.5) is 18.9 Å². The van der Waals surface area contributed by atoms with Gasteiger partial charge in [-0.25, -0.2) is 0 Å². The van der Waals surface area contributed by atoms with Crippen LogP contribution in [0.15, 0.2) is 35.5 Å². The molecule has 1 unspecified atom stereocenters. The third-order valence-corrected chi connectivity index (χ3v) is 6.74. The molecule has 1 saturated heterocycles. The minimum absolute atomic E-state index is 0.00190. The van der Waals surface area contributed by atoms with Crippen LogP contribution in [-0.4, -0.2) is 43.9 Å². The van der Waals surface area contributed by atoms with Crippen molar-refractivity contribution in [2.75, 3.05) is 18.1 Å². The van der Waals surface area contributed by atoms with E-state index in [9.17, 15) is 18.0 Å². The molecule has 1 fully saturated rings. The maximum absolute atomic E-state index is 13.0. The molecule has 35 heavy (non-hydrogen) atoms. The highest BCUT2D eigenvalue weighted by Gasteiger charge is 2.30. The molecule has 0 radical (unpaired) electrons. The molecule has 3 aromatic heterocycles. The maximum Gasteiger partial charge on any atom is 0.394 e. The number of anilines is 1. The van der Waals surface area contributed by atoms with E-state index >= 15 is 0 Å². The Morgan fingerprint density at radius 2 is 2.06 bits per heavy atom. The standard InChI is InChI=1S/C23H24ClF3N6O2/c24-21-19(12-30-33(22(21)34)20-5-1-2-9-35-20)31-8-6-18-16(13-31)11-29-32(18)14-15-4-3-7-28-17(15)10-23(25,26)27/h3-4,7,11-12,20H,1-2,5-6,8-10,13-14H2. The van der Waals surface area contributed by atoms with E-state index in [1.807, 2.05) is 4.90 Å². The number of hydrogen-bond acceptors (Lipinski definition) is 6. The molecule has 2 aliphatic rings. The minimum atomic E-state index is -4.34. The largest absolute Gasteiger partial charge is 0.394 e. The van der Waals surface area contributed by atoms with Crippen LogP contribution in [0.3, 0.4) is 0 Å². The molecule has 12 heteroatoms. The van der Waals surface area contributed by atoms with E-state index in [4.69, 9.17) is 16.3 Å². The predicted molar refractivity (Wildman–Crippen MR) is 122 cm³/mol. The molecule has 0 aliphatic carbocycles. The summed E-state index contributed by atoms with van der Waals surface area (Å²) >= 11 is 6.47. The Morgan fingerprint density at radius 1 is 1.20 bits per heavy atom. The van der Waals surface area contributed by atoms with Crippen LogP contribution in [0.1, 0.15) is 48.0 Å². The Hall–Kier alpha value is -2.92. The van der Waals surface area contributed by atoms with E-state index in [1.54, 1.807) is 29.2 Å². The van der Waals surface area contributed by atoms with E-state index in [2.05, 4.69) is 15.2 Å². The summed E-state index contributed by atoms with van der Waals surface area (Å²) in [6.07, 6.45) is 2.10. The van der Waals surface area contributed by atoms with Crippen LogP contribution < -0.4 is 10.5 Å². The lowest BCUT2D eigenvalue weighted by Crippen LogP contribution is -2.35. The fraction of sp³-hybridized carbons (Fsp3) is 0.478. The molecule has 186 valence electrons. The van der Waals surface area contributed by atoms with E-state index in [0.717, 1.165) is 30.5 Å². The lowest BCUT2D eigenvalue weighted by molar-refractivity contribution is -0.128. The van der Waals surface area contributed by atoms with Gasteiger partial charge in [-0.2, -0.15) is 28.1 Å². The predicted octanol–water partition coefficient (Wildman–Crippen LogP) is 3.90. The fourth-order valence-electron chi connectivity index (χ4n) is 4.64. The van der Waals surface area contributed by atoms with E-state index in [-0.39, 0.29) is 22.8 Å². The van der Waals surface area contributed by atoms with Gasteiger partial charge in [0.25, 0.3) is 5.56 Å². The molecule has 2 aliphatic heterocycles. The normalized spacial score (nSPS) is 18.5. The number of aromatic nitrogens is 5. The Balaban J connectivity index is 1.34. The van der Waals surface area contributed by atoms with Gasteiger partial charge in [-0.15, -0.1) is 0 Å². The molecule has 0 amide bonds. The van der Waals surface area contributed by atoms with Crippen molar-refractivity contribution in [2.24, 2.45) is 0 Å². The second kappa shape index (κ2) is 9.62. The van der Waals surface area contributed by atoms with E-state index < -0.39 is 18.8 Å². The molecule has 0 bridgehead atoms. The maximum atomic E-state index is 13.0. The van der Waals surface area contributed by atoms with E-state index in [1.165, 1.54) is 10.9 Å². The van der Waals surface area contributed by atoms with E-state index in [0.29, 0.717) is 37.4 Å². The van der Waals surface area contributed by atoms with Gasteiger partial charge in [-0.3, -0.25) is 14.5 Å². The van der Waals surface area contributed by atoms with Gasteiger partial charge in [0.1, 0.15) is 5.02 Å². The van der Waals surface area contributed by atoms with Crippen molar-refractivity contribution in [3.8, 4) is 0 Å². The number of ether oxygens (including phenoxy) is 1. The molecule has 0 N–H and O–H groups in total. The van der Waals surface area contributed by atoms with Gasteiger partial charge in [-0.05, 0) is 30.9 Å². The Labute approximate surface area is 204 Å². The second-order valence-electron chi connectivity index (χ2n) is 8.76. The molecule has 3 aromatic rings. The van der Waals surface area contributed by atoms with Gasteiger partial charge in [0.2, 0.25) is 0 Å². The zero-order valence-corrected chi connectivity index (χ0v) is 19.6. The first-order valence-electron chi connectivity index (χ1n) is 11.5. The summed E-state index contributed by atoms with van der Waals surface area (Å²) in [5.41, 5.74) is 2.51. The van der Waals surface area contributed by atoms with Gasteiger partial charge in [-0.1, -0.05) is 17.7 Å². The molecular formula is C23H24ClF3N6O2. The Kier molecular flexibility index (Phi) is 6.54. The molecular weight excluding hydrogens is 485 g/mol. The van der Waals surface area contributed by atoms with Crippen LogP contribution in [0.5, 0.6) is 0 Å². The summed E-state index contributed by atoms with van der Waals surface area (Å²) in [5.74, 6) is 0. The molecule has 0 spiro atoms. The van der Waals surface area contributed by atoms with Crippen LogP contribution in [0.25, 0.3) is 0 Å². The summed E-state index contributed by atoms with van der Waals surface area (Å²) in [7, 11) is 0. The van der Waals surface area contributed by atoms with Crippen LogP contribution in [0, 0.1) is 0 Å². The Bertz CT molecular complexity index is 1270. The highest BCUT2D eigenvalue weighted by Crippen LogP contribution is 2.30. The summed E-state index contributed by atoms with van der Waals surface area (Å²) in [6, 6.07) is 3.27. The molecule has 0 aromatic carbocycles. The summed E-state index contributed by atoms with van der Waals surface area (Å²) in [6.45, 7) is 1.82. The first kappa shape index (κ1) is 23.8. The molecule has 8 nitrogen and oxygen atoms in total. The third-order valence-electron chi connectivity index (χ3n) is 6.38. The van der Waals surface area contributed by atoms with Crippen molar-refractivity contribution in [2.45, 2.75) is 57.6 Å². The lowest BCUT2D eigenvalue weighted by Gasteiger charge is -2.30. The molecule has 1 atom stereocenters. The average molecular weight is 509 g/mol. The molecule has 5 rings (SSSR count). The number of nitrogens with zero attached hydrogens (tertiary/aromatic N) is 6. The highest BCUT2D eigenvalue weighted by molar-refractivity contribution is 6.33. The van der Waals surface area contributed by atoms with Crippen molar-refractivity contribution >= 4 is 17.3 Å². The first-order chi connectivity index (χ1) is 16.8. The minimum Gasteiger partial charge on any atom is -0.364 e. The van der Waals surface area contributed by atoms with Crippen LogP contribution >= 0.6 is 11.6 Å². The SMILES string of the molecule is O=c1c(Cl)c(N2CCc3c(cnn3Cc3cccnc3CC(F)(F)F)C2)cnn1C1CCCCO1. The van der Waals surface area contributed by atoms with Gasteiger partial charge in [0.05, 0.1) is 36.7 Å². The van der Waals surface area contributed by atoms with Crippen molar-refractivity contribution < 1.29 is 17.9 Å². The molecule has 5 heterocycles.